The van der Waals surface area contributed by atoms with Gasteiger partial charge in [-0.1, -0.05) is 11.8 Å². The number of carbonyl (C=O) groups is 2. The zero-order valence-electron chi connectivity index (χ0n) is 14.7. The molecule has 0 aromatic carbocycles. The number of rotatable bonds is 5. The fourth-order valence-corrected chi connectivity index (χ4v) is 5.69. The highest BCUT2D eigenvalue weighted by atomic mass is 32.2. The highest BCUT2D eigenvalue weighted by Crippen LogP contribution is 2.38. The second kappa shape index (κ2) is 7.47. The first-order valence-electron chi connectivity index (χ1n) is 9.02. The van der Waals surface area contributed by atoms with Gasteiger partial charge in [0.25, 0.3) is 11.5 Å². The zero-order chi connectivity index (χ0) is 19.0. The van der Waals surface area contributed by atoms with Gasteiger partial charge in [0.1, 0.15) is 5.00 Å². The van der Waals surface area contributed by atoms with Gasteiger partial charge in [-0.2, -0.15) is 0 Å². The van der Waals surface area contributed by atoms with E-state index in [2.05, 4.69) is 15.3 Å². The molecule has 0 saturated carbocycles. The number of primary amides is 1. The van der Waals surface area contributed by atoms with Gasteiger partial charge >= 0.3 is 0 Å². The molecule has 2 heterocycles. The van der Waals surface area contributed by atoms with Gasteiger partial charge in [0.15, 0.2) is 5.16 Å². The van der Waals surface area contributed by atoms with E-state index in [0.29, 0.717) is 15.7 Å². The van der Waals surface area contributed by atoms with Crippen LogP contribution in [0.5, 0.6) is 0 Å². The second-order valence-corrected chi connectivity index (χ2v) is 8.84. The summed E-state index contributed by atoms with van der Waals surface area (Å²) in [5, 5.41) is 3.82. The van der Waals surface area contributed by atoms with Gasteiger partial charge < -0.3 is 16.0 Å². The Hall–Kier alpha value is -2.13. The number of carbonyl (C=O) groups excluding carboxylic acids is 2. The summed E-state index contributed by atoms with van der Waals surface area (Å²) in [5.74, 6) is -0.645. The number of aryl methyl sites for hydroxylation is 2. The number of nitrogens with two attached hydrogens (primary N) is 1. The molecule has 2 amide bonds. The molecule has 7 nitrogen and oxygen atoms in total. The number of hydrogen-bond donors (Lipinski definition) is 3. The molecule has 0 fully saturated rings. The van der Waals surface area contributed by atoms with Crippen LogP contribution in [0.2, 0.25) is 0 Å². The molecule has 0 saturated heterocycles. The summed E-state index contributed by atoms with van der Waals surface area (Å²) in [7, 11) is 0. The van der Waals surface area contributed by atoms with Crippen LogP contribution in [-0.2, 0) is 30.5 Å². The van der Waals surface area contributed by atoms with Crippen molar-refractivity contribution in [1.29, 1.82) is 0 Å². The van der Waals surface area contributed by atoms with Gasteiger partial charge in [-0.15, -0.1) is 11.3 Å². The molecule has 0 radical (unpaired) electrons. The Morgan fingerprint density at radius 3 is 2.74 bits per heavy atom. The monoisotopic (exact) mass is 404 g/mol. The van der Waals surface area contributed by atoms with E-state index in [1.165, 1.54) is 23.1 Å². The molecule has 142 valence electrons. The Balaban J connectivity index is 1.46. The van der Waals surface area contributed by atoms with Crippen molar-refractivity contribution in [3.8, 4) is 0 Å². The first-order chi connectivity index (χ1) is 13.0. The molecular weight excluding hydrogens is 384 g/mol. The average molecular weight is 405 g/mol. The van der Waals surface area contributed by atoms with Crippen molar-refractivity contribution in [2.75, 3.05) is 11.1 Å². The number of nitrogens with one attached hydrogen (secondary N) is 2. The first-order valence-corrected chi connectivity index (χ1v) is 10.8. The number of aromatic amines is 1. The summed E-state index contributed by atoms with van der Waals surface area (Å²) in [5.41, 5.74) is 8.49. The molecule has 27 heavy (non-hydrogen) atoms. The van der Waals surface area contributed by atoms with E-state index < -0.39 is 5.91 Å². The van der Waals surface area contributed by atoms with Crippen LogP contribution in [0.1, 0.15) is 51.3 Å². The molecule has 9 heteroatoms. The number of fused-ring (bicyclic) bond motifs is 2. The lowest BCUT2D eigenvalue weighted by molar-refractivity contribution is -0.113. The van der Waals surface area contributed by atoms with E-state index >= 15 is 0 Å². The van der Waals surface area contributed by atoms with Crippen molar-refractivity contribution in [3.63, 3.8) is 0 Å². The molecule has 0 unspecified atom stereocenters. The summed E-state index contributed by atoms with van der Waals surface area (Å²) in [6.07, 6.45) is 6.39. The van der Waals surface area contributed by atoms with Gasteiger partial charge in [-0.25, -0.2) is 4.98 Å². The highest BCUT2D eigenvalue weighted by molar-refractivity contribution is 7.99. The van der Waals surface area contributed by atoms with Gasteiger partial charge in [0.05, 0.1) is 17.0 Å². The SMILES string of the molecule is NC(=O)c1c(NC(=O)CSc2nc3c(c(=O)[nH]2)CCC3)sc2c1CCCC2. The fourth-order valence-electron chi connectivity index (χ4n) is 3.70. The summed E-state index contributed by atoms with van der Waals surface area (Å²) < 4.78 is 0. The van der Waals surface area contributed by atoms with Crippen molar-refractivity contribution in [2.24, 2.45) is 5.73 Å². The third kappa shape index (κ3) is 3.66. The minimum atomic E-state index is -0.498. The molecule has 2 aliphatic carbocycles. The fraction of sp³-hybridized carbons (Fsp3) is 0.444. The molecule has 2 aliphatic rings. The maximum atomic E-state index is 12.4. The average Bonchev–Trinajstić information content (AvgIpc) is 3.24. The quantitative estimate of drug-likeness (QED) is 0.520. The van der Waals surface area contributed by atoms with Crippen LogP contribution in [0.15, 0.2) is 9.95 Å². The third-order valence-electron chi connectivity index (χ3n) is 4.93. The van der Waals surface area contributed by atoms with Crippen LogP contribution in [0, 0.1) is 0 Å². The number of H-pyrrole nitrogens is 1. The minimum absolute atomic E-state index is 0.0997. The molecule has 2 aromatic rings. The Kier molecular flexibility index (Phi) is 5.05. The molecule has 0 atom stereocenters. The van der Waals surface area contributed by atoms with E-state index in [0.717, 1.165) is 66.6 Å². The van der Waals surface area contributed by atoms with E-state index in [4.69, 9.17) is 5.73 Å². The van der Waals surface area contributed by atoms with Gasteiger partial charge in [-0.05, 0) is 50.5 Å². The third-order valence-corrected chi connectivity index (χ3v) is 7.01. The van der Waals surface area contributed by atoms with E-state index in [1.807, 2.05) is 0 Å². The smallest absolute Gasteiger partial charge is 0.254 e. The Labute approximate surface area is 164 Å². The van der Waals surface area contributed by atoms with Crippen molar-refractivity contribution in [1.82, 2.24) is 9.97 Å². The minimum Gasteiger partial charge on any atom is -0.365 e. The summed E-state index contributed by atoms with van der Waals surface area (Å²) in [4.78, 5) is 44.6. The largest absolute Gasteiger partial charge is 0.365 e. The number of aromatic nitrogens is 2. The number of amides is 2. The van der Waals surface area contributed by atoms with Gasteiger partial charge in [0.2, 0.25) is 5.91 Å². The summed E-state index contributed by atoms with van der Waals surface area (Å²) >= 11 is 2.63. The standard InChI is InChI=1S/C18H20N4O3S2/c19-15(24)14-10-4-1-2-7-12(10)27-17(14)21-13(23)8-26-18-20-11-6-3-5-9(11)16(25)22-18/h1-8H2,(H2,19,24)(H,21,23)(H,20,22,25). The van der Waals surface area contributed by atoms with Crippen molar-refractivity contribution in [3.05, 3.63) is 37.6 Å². The molecular formula is C18H20N4O3S2. The van der Waals surface area contributed by atoms with Crippen LogP contribution < -0.4 is 16.6 Å². The van der Waals surface area contributed by atoms with Crippen LogP contribution in [0.3, 0.4) is 0 Å². The maximum Gasteiger partial charge on any atom is 0.254 e. The van der Waals surface area contributed by atoms with Gasteiger partial charge in [0, 0.05) is 10.4 Å². The lowest BCUT2D eigenvalue weighted by Gasteiger charge is -2.11. The first kappa shape index (κ1) is 18.2. The summed E-state index contributed by atoms with van der Waals surface area (Å²) in [6, 6.07) is 0. The lowest BCUT2D eigenvalue weighted by Crippen LogP contribution is -2.20. The summed E-state index contributed by atoms with van der Waals surface area (Å²) in [6.45, 7) is 0. The van der Waals surface area contributed by atoms with Gasteiger partial charge in [-0.3, -0.25) is 14.4 Å². The van der Waals surface area contributed by atoms with Crippen LogP contribution in [-0.4, -0.2) is 27.5 Å². The number of nitrogens with zero attached hydrogens (tertiary/aromatic N) is 1. The molecule has 4 N–H and O–H groups in total. The Morgan fingerprint density at radius 1 is 1.15 bits per heavy atom. The zero-order valence-corrected chi connectivity index (χ0v) is 16.4. The Morgan fingerprint density at radius 2 is 1.93 bits per heavy atom. The maximum absolute atomic E-state index is 12.4. The number of thiophene rings is 1. The highest BCUT2D eigenvalue weighted by Gasteiger charge is 2.25. The van der Waals surface area contributed by atoms with E-state index in [-0.39, 0.29) is 17.2 Å². The van der Waals surface area contributed by atoms with Crippen molar-refractivity contribution < 1.29 is 9.59 Å². The van der Waals surface area contributed by atoms with E-state index in [1.54, 1.807) is 0 Å². The van der Waals surface area contributed by atoms with E-state index in [9.17, 15) is 14.4 Å². The second-order valence-electron chi connectivity index (χ2n) is 6.77. The lowest BCUT2D eigenvalue weighted by atomic mass is 9.95. The van der Waals surface area contributed by atoms with Crippen LogP contribution >= 0.6 is 23.1 Å². The molecule has 0 bridgehead atoms. The predicted molar refractivity (Wildman–Crippen MR) is 106 cm³/mol. The normalized spacial score (nSPS) is 15.3. The Bertz CT molecular complexity index is 980. The van der Waals surface area contributed by atoms with Crippen LogP contribution in [0.25, 0.3) is 0 Å². The molecule has 4 rings (SSSR count). The van der Waals surface area contributed by atoms with Crippen molar-refractivity contribution in [2.45, 2.75) is 50.1 Å². The number of hydrogen-bond acceptors (Lipinski definition) is 6. The molecule has 0 aliphatic heterocycles. The topological polar surface area (TPSA) is 118 Å². The molecule has 0 spiro atoms. The van der Waals surface area contributed by atoms with Crippen molar-refractivity contribution >= 4 is 39.9 Å². The predicted octanol–water partition coefficient (Wildman–Crippen LogP) is 2.03. The molecule has 2 aromatic heterocycles. The van der Waals surface area contributed by atoms with Crippen LogP contribution in [0.4, 0.5) is 5.00 Å². The number of thioether (sulfide) groups is 1. The number of anilines is 1.